The Morgan fingerprint density at radius 2 is 1.80 bits per heavy atom. The summed E-state index contributed by atoms with van der Waals surface area (Å²) >= 11 is 6.41. The highest BCUT2D eigenvalue weighted by atomic mass is 35.5. The molecule has 1 aliphatic rings. The van der Waals surface area contributed by atoms with E-state index in [0.29, 0.717) is 38.1 Å². The molecular weight excluding hydrogens is 577 g/mol. The monoisotopic (exact) mass is 597 g/mol. The zero-order valence-corrected chi connectivity index (χ0v) is 21.7. The van der Waals surface area contributed by atoms with Gasteiger partial charge in [0.2, 0.25) is 5.91 Å². The molecule has 3 aromatic heterocycles. The van der Waals surface area contributed by atoms with Crippen molar-refractivity contribution in [1.29, 1.82) is 0 Å². The van der Waals surface area contributed by atoms with E-state index in [2.05, 4.69) is 20.4 Å². The first-order chi connectivity index (χ1) is 19.5. The molecule has 216 valence electrons. The van der Waals surface area contributed by atoms with Crippen LogP contribution in [0.5, 0.6) is 0 Å². The second-order valence-corrected chi connectivity index (χ2v) is 9.36. The third kappa shape index (κ3) is 5.52. The Morgan fingerprint density at radius 3 is 2.44 bits per heavy atom. The molecule has 0 saturated carbocycles. The number of amides is 2. The predicted molar refractivity (Wildman–Crippen MR) is 137 cm³/mol. The smallest absolute Gasteiger partial charge is 0.338 e. The summed E-state index contributed by atoms with van der Waals surface area (Å²) in [5.74, 6) is -0.378. The van der Waals surface area contributed by atoms with Crippen LogP contribution in [0.1, 0.15) is 22.6 Å². The number of rotatable bonds is 6. The lowest BCUT2D eigenvalue weighted by Gasteiger charge is -2.34. The quantitative estimate of drug-likeness (QED) is 0.325. The minimum atomic E-state index is -4.99. The maximum absolute atomic E-state index is 13.6. The molecule has 0 spiro atoms. The molecule has 4 heterocycles. The van der Waals surface area contributed by atoms with Crippen LogP contribution in [0.25, 0.3) is 16.9 Å². The number of imidazole rings is 1. The minimum absolute atomic E-state index is 0.0671. The number of carbonyl (C=O) groups excluding carboxylic acids is 2. The molecule has 0 radical (unpaired) electrons. The topological polar surface area (TPSA) is 127 Å². The van der Waals surface area contributed by atoms with E-state index in [-0.39, 0.29) is 50.8 Å². The molecule has 0 atom stereocenters. The standard InChI is InChI=1S/C24H21ClF5N9O2/c25-16-9-13(1-2-14(16)22(41)37-7-5-36(6-8-37)18(40)10-31)34-20-21-33-11-17(38(21)4-3-32-20)15-12-39(23(26)27)35-19(15)24(28,29)30/h1-4,9,11-12,23H,5-8,10,31H2,(H,32,34). The Labute approximate surface area is 233 Å². The lowest BCUT2D eigenvalue weighted by molar-refractivity contribution is -0.141. The molecule has 0 bridgehead atoms. The summed E-state index contributed by atoms with van der Waals surface area (Å²) in [6.45, 7) is -2.02. The molecule has 41 heavy (non-hydrogen) atoms. The second kappa shape index (κ2) is 10.9. The van der Waals surface area contributed by atoms with Gasteiger partial charge in [0.15, 0.2) is 17.2 Å². The Kier molecular flexibility index (Phi) is 7.52. The first-order valence-electron chi connectivity index (χ1n) is 12.1. The van der Waals surface area contributed by atoms with Crippen molar-refractivity contribution in [2.45, 2.75) is 12.7 Å². The third-order valence-electron chi connectivity index (χ3n) is 6.46. The van der Waals surface area contributed by atoms with Crippen LogP contribution in [-0.4, -0.2) is 78.5 Å². The molecule has 11 nitrogen and oxygen atoms in total. The van der Waals surface area contributed by atoms with Crippen LogP contribution < -0.4 is 11.1 Å². The zero-order chi connectivity index (χ0) is 29.5. The number of nitrogens with zero attached hydrogens (tertiary/aromatic N) is 7. The van der Waals surface area contributed by atoms with Crippen LogP contribution in [0.4, 0.5) is 33.5 Å². The number of benzene rings is 1. The van der Waals surface area contributed by atoms with Gasteiger partial charge in [0.25, 0.3) is 5.91 Å². The number of anilines is 2. The van der Waals surface area contributed by atoms with Crippen molar-refractivity contribution in [1.82, 2.24) is 33.9 Å². The van der Waals surface area contributed by atoms with E-state index in [4.69, 9.17) is 17.3 Å². The maximum atomic E-state index is 13.6. The number of hydrogen-bond acceptors (Lipinski definition) is 7. The summed E-state index contributed by atoms with van der Waals surface area (Å²) in [7, 11) is 0. The number of piperazine rings is 1. The highest BCUT2D eigenvalue weighted by molar-refractivity contribution is 6.34. The van der Waals surface area contributed by atoms with Crippen molar-refractivity contribution in [3.8, 4) is 11.3 Å². The Bertz CT molecular complexity index is 1610. The van der Waals surface area contributed by atoms with Gasteiger partial charge in [-0.1, -0.05) is 11.6 Å². The molecule has 2 amide bonds. The van der Waals surface area contributed by atoms with E-state index in [9.17, 15) is 31.5 Å². The average Bonchev–Trinajstić information content (AvgIpc) is 3.58. The van der Waals surface area contributed by atoms with Crippen molar-refractivity contribution in [3.63, 3.8) is 0 Å². The van der Waals surface area contributed by atoms with E-state index in [1.807, 2.05) is 0 Å². The Balaban J connectivity index is 1.38. The number of fused-ring (bicyclic) bond motifs is 1. The third-order valence-corrected chi connectivity index (χ3v) is 6.77. The fourth-order valence-corrected chi connectivity index (χ4v) is 4.72. The summed E-state index contributed by atoms with van der Waals surface area (Å²) in [5.41, 5.74) is 3.94. The highest BCUT2D eigenvalue weighted by Gasteiger charge is 2.39. The van der Waals surface area contributed by atoms with Gasteiger partial charge in [-0.05, 0) is 18.2 Å². The van der Waals surface area contributed by atoms with E-state index < -0.39 is 24.0 Å². The van der Waals surface area contributed by atoms with Crippen LogP contribution in [0.3, 0.4) is 0 Å². The first-order valence-corrected chi connectivity index (χ1v) is 12.5. The second-order valence-electron chi connectivity index (χ2n) is 8.96. The molecular formula is C24H21ClF5N9O2. The van der Waals surface area contributed by atoms with Crippen LogP contribution >= 0.6 is 11.6 Å². The van der Waals surface area contributed by atoms with E-state index in [1.165, 1.54) is 28.9 Å². The molecule has 0 aliphatic carbocycles. The molecule has 17 heteroatoms. The summed E-state index contributed by atoms with van der Waals surface area (Å²) < 4.78 is 68.1. The Hall–Kier alpha value is -4.31. The fraction of sp³-hybridized carbons (Fsp3) is 0.292. The van der Waals surface area contributed by atoms with Gasteiger partial charge < -0.3 is 20.9 Å². The Morgan fingerprint density at radius 1 is 1.10 bits per heavy atom. The fourth-order valence-electron chi connectivity index (χ4n) is 4.46. The molecule has 5 rings (SSSR count). The number of aromatic nitrogens is 5. The summed E-state index contributed by atoms with van der Waals surface area (Å²) in [5, 5.41) is 6.12. The zero-order valence-electron chi connectivity index (χ0n) is 20.9. The molecule has 1 fully saturated rings. The largest absolute Gasteiger partial charge is 0.435 e. The van der Waals surface area contributed by atoms with Crippen molar-refractivity contribution in [2.75, 3.05) is 38.0 Å². The number of hydrogen-bond donors (Lipinski definition) is 2. The number of nitrogens with two attached hydrogens (primary N) is 1. The summed E-state index contributed by atoms with van der Waals surface area (Å²) in [4.78, 5) is 36.3. The lowest BCUT2D eigenvalue weighted by atomic mass is 10.1. The van der Waals surface area contributed by atoms with E-state index in [1.54, 1.807) is 15.9 Å². The van der Waals surface area contributed by atoms with Crippen molar-refractivity contribution < 1.29 is 31.5 Å². The normalized spacial score (nSPS) is 14.2. The van der Waals surface area contributed by atoms with Crippen LogP contribution in [-0.2, 0) is 11.0 Å². The van der Waals surface area contributed by atoms with Gasteiger partial charge in [-0.3, -0.25) is 14.0 Å². The van der Waals surface area contributed by atoms with Crippen molar-refractivity contribution in [3.05, 3.63) is 59.3 Å². The van der Waals surface area contributed by atoms with Crippen LogP contribution in [0, 0.1) is 0 Å². The molecule has 1 aliphatic heterocycles. The molecule has 4 aromatic rings. The molecule has 1 saturated heterocycles. The van der Waals surface area contributed by atoms with E-state index in [0.717, 1.165) is 6.20 Å². The van der Waals surface area contributed by atoms with Crippen molar-refractivity contribution in [2.24, 2.45) is 5.73 Å². The minimum Gasteiger partial charge on any atom is -0.338 e. The van der Waals surface area contributed by atoms with Crippen LogP contribution in [0.2, 0.25) is 5.02 Å². The van der Waals surface area contributed by atoms with Gasteiger partial charge in [-0.25, -0.2) is 14.6 Å². The number of carbonyl (C=O) groups is 2. The van der Waals surface area contributed by atoms with E-state index >= 15 is 0 Å². The van der Waals surface area contributed by atoms with Gasteiger partial charge in [0, 0.05) is 50.5 Å². The molecule has 3 N–H and O–H groups in total. The van der Waals surface area contributed by atoms with Gasteiger partial charge in [-0.15, -0.1) is 0 Å². The molecule has 1 aromatic carbocycles. The number of halogens is 6. The number of alkyl halides is 5. The first kappa shape index (κ1) is 28.2. The van der Waals surface area contributed by atoms with Crippen LogP contribution in [0.15, 0.2) is 43.0 Å². The molecule has 0 unspecified atom stereocenters. The predicted octanol–water partition coefficient (Wildman–Crippen LogP) is 3.65. The lowest BCUT2D eigenvalue weighted by Crippen LogP contribution is -2.51. The van der Waals surface area contributed by atoms with Gasteiger partial charge in [0.1, 0.15) is 0 Å². The average molecular weight is 598 g/mol. The van der Waals surface area contributed by atoms with Gasteiger partial charge >= 0.3 is 12.7 Å². The SMILES string of the molecule is NCC(=O)N1CCN(C(=O)c2ccc(Nc3nccn4c(-c5cn(C(F)F)nc5C(F)(F)F)cnc34)cc2Cl)CC1. The summed E-state index contributed by atoms with van der Waals surface area (Å²) in [6.07, 6.45) is -0.660. The number of nitrogens with one attached hydrogen (secondary N) is 1. The van der Waals surface area contributed by atoms with Crippen molar-refractivity contribution >= 4 is 40.6 Å². The van der Waals surface area contributed by atoms with Gasteiger partial charge in [0.05, 0.1) is 34.6 Å². The highest BCUT2D eigenvalue weighted by Crippen LogP contribution is 2.37. The summed E-state index contributed by atoms with van der Waals surface area (Å²) in [6, 6.07) is 4.55. The maximum Gasteiger partial charge on any atom is 0.435 e. The van der Waals surface area contributed by atoms with Gasteiger partial charge in [-0.2, -0.15) is 27.1 Å².